The summed E-state index contributed by atoms with van der Waals surface area (Å²) in [5.74, 6) is 0.800. The number of hydrogen-bond acceptors (Lipinski definition) is 3. The van der Waals surface area contributed by atoms with Gasteiger partial charge in [-0.05, 0) is 113 Å². The van der Waals surface area contributed by atoms with Gasteiger partial charge in [0.15, 0.2) is 0 Å². The van der Waals surface area contributed by atoms with Gasteiger partial charge in [-0.3, -0.25) is 4.57 Å². The Morgan fingerprint density at radius 2 is 1.19 bits per heavy atom. The van der Waals surface area contributed by atoms with Crippen molar-refractivity contribution in [3.8, 4) is 5.69 Å². The van der Waals surface area contributed by atoms with Gasteiger partial charge >= 0.3 is 0 Å². The molecule has 0 saturated heterocycles. The van der Waals surface area contributed by atoms with E-state index in [1.165, 1.54) is 60.7 Å². The number of anilines is 2. The fourth-order valence-corrected chi connectivity index (χ4v) is 10.5. The number of allylic oxidation sites excluding steroid dienone is 4. The molecule has 0 radical (unpaired) electrons. The van der Waals surface area contributed by atoms with Crippen LogP contribution < -0.4 is 10.6 Å². The summed E-state index contributed by atoms with van der Waals surface area (Å²) in [6.07, 6.45) is 9.17. The zero-order valence-electron chi connectivity index (χ0n) is 34.3. The quantitative estimate of drug-likeness (QED) is 0.170. The third kappa shape index (κ3) is 5.36. The molecular weight excluding hydrogens is 769 g/mol. The smallest absolute Gasteiger partial charge is 0.135 e. The maximum Gasteiger partial charge on any atom is 0.135 e. The summed E-state index contributed by atoms with van der Waals surface area (Å²) in [7, 11) is 0. The number of nitrogens with two attached hydrogens (primary N) is 1. The Labute approximate surface area is 363 Å². The monoisotopic (exact) mass is 808 g/mol. The van der Waals surface area contributed by atoms with Gasteiger partial charge in [-0.15, -0.1) is 0 Å². The number of benzene rings is 8. The first kappa shape index (κ1) is 35.5. The first-order chi connectivity index (χ1) is 31.1. The highest BCUT2D eigenvalue weighted by Crippen LogP contribution is 2.50. The molecular formula is C58H40N4O. The van der Waals surface area contributed by atoms with Gasteiger partial charge in [0.25, 0.3) is 0 Å². The Morgan fingerprint density at radius 3 is 1.97 bits per heavy atom. The van der Waals surface area contributed by atoms with Crippen molar-refractivity contribution in [2.24, 2.45) is 5.73 Å². The molecule has 13 rings (SSSR count). The zero-order chi connectivity index (χ0) is 41.8. The summed E-state index contributed by atoms with van der Waals surface area (Å²) < 4.78 is 10.9. The number of fused-ring (bicyclic) bond motifs is 12. The molecule has 1 aliphatic carbocycles. The van der Waals surface area contributed by atoms with Crippen LogP contribution in [-0.4, -0.2) is 15.2 Å². The van der Waals surface area contributed by atoms with Crippen molar-refractivity contribution in [3.63, 3.8) is 0 Å². The molecule has 0 saturated carbocycles. The van der Waals surface area contributed by atoms with E-state index in [0.717, 1.165) is 49.8 Å². The molecule has 0 bridgehead atoms. The molecule has 0 amide bonds. The minimum atomic E-state index is 0.120. The van der Waals surface area contributed by atoms with Gasteiger partial charge in [-0.1, -0.05) is 128 Å². The van der Waals surface area contributed by atoms with Crippen LogP contribution in [0, 0.1) is 0 Å². The lowest BCUT2D eigenvalue weighted by atomic mass is 9.86. The van der Waals surface area contributed by atoms with E-state index in [1.807, 2.05) is 12.1 Å². The molecule has 2 unspecified atom stereocenters. The molecule has 8 aromatic carbocycles. The van der Waals surface area contributed by atoms with Crippen LogP contribution in [-0.2, 0) is 0 Å². The summed E-state index contributed by atoms with van der Waals surface area (Å²) in [4.78, 5) is 2.50. The van der Waals surface area contributed by atoms with Gasteiger partial charge in [-0.25, -0.2) is 0 Å². The molecule has 0 fully saturated rings. The summed E-state index contributed by atoms with van der Waals surface area (Å²) in [5, 5.41) is 6.97. The highest BCUT2D eigenvalue weighted by Gasteiger charge is 2.38. The molecule has 298 valence electrons. The van der Waals surface area contributed by atoms with Crippen LogP contribution >= 0.6 is 0 Å². The second kappa shape index (κ2) is 13.6. The van der Waals surface area contributed by atoms with Gasteiger partial charge < -0.3 is 19.6 Å². The maximum absolute atomic E-state index is 6.91. The Kier molecular flexibility index (Phi) is 7.67. The number of furan rings is 1. The minimum absolute atomic E-state index is 0.120. The van der Waals surface area contributed by atoms with Crippen molar-refractivity contribution < 1.29 is 4.42 Å². The van der Waals surface area contributed by atoms with E-state index in [4.69, 9.17) is 10.2 Å². The standard InChI is InChI=1S/C58H40N4O/c1-36(31-58(59)62-52-21-11-5-15-42(52)43-16-6-12-22-53(43)62)37-25-29-56-48(32-37)49-35-41(26-30-57(49)63-56)61-51-20-10-8-18-45(51)47-34-39(24-28-55(47)61)38-23-27-54-46(33-38)44-17-7-9-19-50(44)60(54)40-13-3-2-4-14-40/h2-35,47,55H,1,59H2/b58-31+. The lowest BCUT2D eigenvalue weighted by Gasteiger charge is -2.30. The van der Waals surface area contributed by atoms with Crippen LogP contribution in [0.2, 0.25) is 0 Å². The van der Waals surface area contributed by atoms with Crippen LogP contribution in [0.5, 0.6) is 0 Å². The van der Waals surface area contributed by atoms with Crippen molar-refractivity contribution in [3.05, 3.63) is 230 Å². The number of para-hydroxylation sites is 5. The average Bonchev–Trinajstić information content (AvgIpc) is 4.07. The average molecular weight is 809 g/mol. The van der Waals surface area contributed by atoms with Crippen LogP contribution in [0.25, 0.3) is 88.2 Å². The van der Waals surface area contributed by atoms with Crippen molar-refractivity contribution in [2.45, 2.75) is 12.0 Å². The second-order valence-electron chi connectivity index (χ2n) is 16.8. The van der Waals surface area contributed by atoms with Crippen LogP contribution in [0.4, 0.5) is 11.4 Å². The largest absolute Gasteiger partial charge is 0.456 e. The van der Waals surface area contributed by atoms with Gasteiger partial charge in [-0.2, -0.15) is 0 Å². The van der Waals surface area contributed by atoms with Crippen LogP contribution in [0.15, 0.2) is 217 Å². The summed E-state index contributed by atoms with van der Waals surface area (Å²) >= 11 is 0. The minimum Gasteiger partial charge on any atom is -0.456 e. The Balaban J connectivity index is 0.856. The predicted molar refractivity (Wildman–Crippen MR) is 264 cm³/mol. The molecule has 5 nitrogen and oxygen atoms in total. The van der Waals surface area contributed by atoms with E-state index in [1.54, 1.807) is 0 Å². The molecule has 2 aliphatic rings. The normalized spacial score (nSPS) is 16.2. The van der Waals surface area contributed by atoms with Gasteiger partial charge in [0.05, 0.1) is 28.1 Å². The lowest BCUT2D eigenvalue weighted by Crippen LogP contribution is -2.28. The fourth-order valence-electron chi connectivity index (χ4n) is 10.5. The fraction of sp³-hybridized carbons (Fsp3) is 0.0345. The van der Waals surface area contributed by atoms with Crippen molar-refractivity contribution >= 4 is 93.9 Å². The highest BCUT2D eigenvalue weighted by molar-refractivity contribution is 6.12. The molecule has 3 aromatic heterocycles. The Bertz CT molecular complexity index is 3750. The zero-order valence-corrected chi connectivity index (χ0v) is 34.3. The first-order valence-corrected chi connectivity index (χ1v) is 21.6. The lowest BCUT2D eigenvalue weighted by molar-refractivity contribution is 0.668. The molecule has 11 aromatic rings. The Hall–Kier alpha value is -8.28. The second-order valence-corrected chi connectivity index (χ2v) is 16.8. The third-order valence-electron chi connectivity index (χ3n) is 13.3. The maximum atomic E-state index is 6.91. The molecule has 0 spiro atoms. The highest BCUT2D eigenvalue weighted by atomic mass is 16.3. The topological polar surface area (TPSA) is 52.3 Å². The van der Waals surface area contributed by atoms with Gasteiger partial charge in [0.1, 0.15) is 17.0 Å². The van der Waals surface area contributed by atoms with E-state index in [2.05, 4.69) is 215 Å². The summed E-state index contributed by atoms with van der Waals surface area (Å²) in [6, 6.07) is 65.0. The van der Waals surface area contributed by atoms with Crippen LogP contribution in [0.1, 0.15) is 22.6 Å². The summed E-state index contributed by atoms with van der Waals surface area (Å²) in [5.41, 5.74) is 22.3. The molecule has 5 heteroatoms. The van der Waals surface area contributed by atoms with Crippen molar-refractivity contribution in [1.82, 2.24) is 9.13 Å². The Morgan fingerprint density at radius 1 is 0.556 bits per heavy atom. The molecule has 63 heavy (non-hydrogen) atoms. The van der Waals surface area contributed by atoms with E-state index in [0.29, 0.717) is 5.82 Å². The molecule has 2 N–H and O–H groups in total. The number of hydrogen-bond donors (Lipinski definition) is 1. The molecule has 4 heterocycles. The SMILES string of the molecule is C=C(/C=C(\N)n1c2ccccc2c2ccccc21)c1ccc2oc3ccc(N4c5ccccc5C5C=C(c6ccc7c(c6)c6ccccc6n7-c6ccccc6)C=CC54)cc3c2c1. The van der Waals surface area contributed by atoms with Crippen molar-refractivity contribution in [1.29, 1.82) is 0 Å². The van der Waals surface area contributed by atoms with E-state index in [9.17, 15) is 0 Å². The van der Waals surface area contributed by atoms with E-state index < -0.39 is 0 Å². The number of nitrogens with zero attached hydrogens (tertiary/aromatic N) is 3. The van der Waals surface area contributed by atoms with E-state index in [-0.39, 0.29) is 12.0 Å². The van der Waals surface area contributed by atoms with Gasteiger partial charge in [0, 0.05) is 55.3 Å². The summed E-state index contributed by atoms with van der Waals surface area (Å²) in [6.45, 7) is 4.50. The van der Waals surface area contributed by atoms with Gasteiger partial charge in [0.2, 0.25) is 0 Å². The van der Waals surface area contributed by atoms with Crippen molar-refractivity contribution in [2.75, 3.05) is 4.90 Å². The van der Waals surface area contributed by atoms with E-state index >= 15 is 0 Å². The predicted octanol–water partition coefficient (Wildman–Crippen LogP) is 14.5. The van der Waals surface area contributed by atoms with Crippen LogP contribution in [0.3, 0.4) is 0 Å². The third-order valence-corrected chi connectivity index (χ3v) is 13.3. The number of rotatable bonds is 6. The first-order valence-electron chi connectivity index (χ1n) is 21.6. The number of aromatic nitrogens is 2. The molecule has 1 aliphatic heterocycles. The molecule has 2 atom stereocenters.